The van der Waals surface area contributed by atoms with Crippen LogP contribution in [0.1, 0.15) is 43.1 Å². The number of anilines is 1. The number of amides is 1. The van der Waals surface area contributed by atoms with Crippen LogP contribution in [-0.4, -0.2) is 47.7 Å². The highest BCUT2D eigenvalue weighted by Crippen LogP contribution is 2.26. The Labute approximate surface area is 214 Å². The normalized spacial score (nSPS) is 18.9. The van der Waals surface area contributed by atoms with Crippen molar-refractivity contribution in [2.75, 3.05) is 23.6 Å². The zero-order valence-corrected chi connectivity index (χ0v) is 22.0. The van der Waals surface area contributed by atoms with E-state index in [9.17, 15) is 9.59 Å². The number of hydrogen-bond donors (Lipinski definition) is 3. The average molecular weight is 578 g/mol. The van der Waals surface area contributed by atoms with Crippen LogP contribution in [0.3, 0.4) is 0 Å². The number of methoxy groups -OCH3 is 1. The van der Waals surface area contributed by atoms with Crippen LogP contribution >= 0.6 is 22.6 Å². The number of nitrogens with zero attached hydrogens (tertiary/aromatic N) is 1. The smallest absolute Gasteiger partial charge is 0.330 e. The van der Waals surface area contributed by atoms with E-state index in [-0.39, 0.29) is 24.3 Å². The minimum Gasteiger partial charge on any atom is -0.483 e. The number of hydrogen-bond acceptors (Lipinski definition) is 6. The number of alkyl halides is 1. The molecule has 9 heteroatoms. The van der Waals surface area contributed by atoms with Crippen LogP contribution in [0, 0.1) is 5.92 Å². The van der Waals surface area contributed by atoms with E-state index in [1.807, 2.05) is 45.0 Å². The minimum atomic E-state index is -0.731. The van der Waals surface area contributed by atoms with E-state index in [1.165, 1.54) is 7.11 Å². The van der Waals surface area contributed by atoms with Crippen molar-refractivity contribution in [3.8, 4) is 5.75 Å². The molecule has 1 heterocycles. The lowest BCUT2D eigenvalue weighted by Gasteiger charge is -2.39. The van der Waals surface area contributed by atoms with Gasteiger partial charge in [-0.05, 0) is 78.3 Å². The summed E-state index contributed by atoms with van der Waals surface area (Å²) in [5, 5.41) is 9.83. The first kappa shape index (κ1) is 25.8. The molecule has 0 spiro atoms. The van der Waals surface area contributed by atoms with Crippen molar-refractivity contribution in [3.05, 3.63) is 59.7 Å². The van der Waals surface area contributed by atoms with Gasteiger partial charge in [0.15, 0.2) is 0 Å². The van der Waals surface area contributed by atoms with Crippen LogP contribution in [0.5, 0.6) is 5.75 Å². The summed E-state index contributed by atoms with van der Waals surface area (Å²) in [7, 11) is 1.37. The van der Waals surface area contributed by atoms with Gasteiger partial charge in [0.05, 0.1) is 13.7 Å². The predicted molar refractivity (Wildman–Crippen MR) is 142 cm³/mol. The molecule has 0 fully saturated rings. The standard InChI is InChI=1S/C25H31IN4O4/c1-16(2)13-21(24(32)33-4)28-22-19-7-5-6-8-20(19)29-25(3,30-22)14-27-23(31)17-9-11-18(12-10-17)34-15-26/h5-12,16,21,29H,13-15H2,1-4H3,(H,27,31)(H,28,30)/t21-,25?/m0/s1. The Hall–Kier alpha value is -2.82. The van der Waals surface area contributed by atoms with Gasteiger partial charge < -0.3 is 25.4 Å². The fourth-order valence-electron chi connectivity index (χ4n) is 3.71. The Kier molecular flexibility index (Phi) is 8.76. The van der Waals surface area contributed by atoms with Crippen molar-refractivity contribution in [2.24, 2.45) is 10.9 Å². The number of aliphatic imine (C=N–C) groups is 1. The molecule has 3 N–H and O–H groups in total. The Morgan fingerprint density at radius 3 is 2.47 bits per heavy atom. The predicted octanol–water partition coefficient (Wildman–Crippen LogP) is 3.95. The molecule has 2 aromatic carbocycles. The fourth-order valence-corrected chi connectivity index (χ4v) is 4.07. The third-order valence-corrected chi connectivity index (χ3v) is 5.69. The molecule has 2 aromatic rings. The number of amidine groups is 1. The number of halogens is 1. The third kappa shape index (κ3) is 6.62. The average Bonchev–Trinajstić information content (AvgIpc) is 2.82. The van der Waals surface area contributed by atoms with Gasteiger partial charge in [-0.3, -0.25) is 9.79 Å². The van der Waals surface area contributed by atoms with Gasteiger partial charge in [-0.1, -0.05) is 26.0 Å². The Morgan fingerprint density at radius 1 is 1.12 bits per heavy atom. The molecule has 1 unspecified atom stereocenters. The van der Waals surface area contributed by atoms with E-state index >= 15 is 0 Å². The van der Waals surface area contributed by atoms with E-state index in [2.05, 4.69) is 38.5 Å². The van der Waals surface area contributed by atoms with Crippen LogP contribution in [0.25, 0.3) is 0 Å². The summed E-state index contributed by atoms with van der Waals surface area (Å²) < 4.78 is 11.0. The van der Waals surface area contributed by atoms with Gasteiger partial charge in [0, 0.05) is 16.8 Å². The van der Waals surface area contributed by atoms with Crippen molar-refractivity contribution < 1.29 is 19.1 Å². The fraction of sp³-hybridized carbons (Fsp3) is 0.400. The second kappa shape index (κ2) is 11.5. The first-order chi connectivity index (χ1) is 16.2. The van der Waals surface area contributed by atoms with Crippen molar-refractivity contribution in [2.45, 2.75) is 38.9 Å². The number of para-hydroxylation sites is 1. The summed E-state index contributed by atoms with van der Waals surface area (Å²) in [4.78, 5) is 29.9. The van der Waals surface area contributed by atoms with Crippen molar-refractivity contribution in [1.82, 2.24) is 10.6 Å². The van der Waals surface area contributed by atoms with Crippen molar-refractivity contribution in [3.63, 3.8) is 0 Å². The number of carbonyl (C=O) groups excluding carboxylic acids is 2. The van der Waals surface area contributed by atoms with E-state index in [1.54, 1.807) is 24.3 Å². The summed E-state index contributed by atoms with van der Waals surface area (Å²) in [5.74, 6) is 0.999. The van der Waals surface area contributed by atoms with Crippen LogP contribution in [-0.2, 0) is 9.53 Å². The van der Waals surface area contributed by atoms with E-state index < -0.39 is 11.7 Å². The zero-order chi connectivity index (χ0) is 24.7. The summed E-state index contributed by atoms with van der Waals surface area (Å²) in [5.41, 5.74) is 1.53. The zero-order valence-electron chi connectivity index (χ0n) is 19.9. The lowest BCUT2D eigenvalue weighted by atomic mass is 10.0. The van der Waals surface area contributed by atoms with Crippen LogP contribution in [0.15, 0.2) is 53.5 Å². The number of rotatable bonds is 9. The second-order valence-electron chi connectivity index (χ2n) is 8.73. The molecule has 0 saturated carbocycles. The van der Waals surface area contributed by atoms with E-state index in [0.717, 1.165) is 11.3 Å². The van der Waals surface area contributed by atoms with Gasteiger partial charge in [0.1, 0.15) is 27.9 Å². The molecule has 0 bridgehead atoms. The molecule has 2 atom stereocenters. The first-order valence-electron chi connectivity index (χ1n) is 11.1. The minimum absolute atomic E-state index is 0.199. The number of esters is 1. The van der Waals surface area contributed by atoms with Crippen LogP contribution in [0.2, 0.25) is 0 Å². The molecular formula is C25H31IN4O4. The van der Waals surface area contributed by atoms with Gasteiger partial charge in [-0.2, -0.15) is 0 Å². The molecule has 1 amide bonds. The molecule has 0 aliphatic carbocycles. The Morgan fingerprint density at radius 2 is 1.82 bits per heavy atom. The largest absolute Gasteiger partial charge is 0.483 e. The van der Waals surface area contributed by atoms with Crippen LogP contribution in [0.4, 0.5) is 5.69 Å². The molecule has 34 heavy (non-hydrogen) atoms. The maximum Gasteiger partial charge on any atom is 0.330 e. The lowest BCUT2D eigenvalue weighted by Crippen LogP contribution is -2.61. The topological polar surface area (TPSA) is 101 Å². The van der Waals surface area contributed by atoms with Crippen LogP contribution < -0.4 is 20.7 Å². The van der Waals surface area contributed by atoms with Gasteiger partial charge in [0.25, 0.3) is 5.91 Å². The number of carbonyl (C=O) groups is 2. The highest BCUT2D eigenvalue weighted by molar-refractivity contribution is 14.1. The number of benzene rings is 2. The summed E-state index contributed by atoms with van der Waals surface area (Å²) >= 11 is 2.12. The maximum atomic E-state index is 12.8. The highest BCUT2D eigenvalue weighted by atomic mass is 127. The third-order valence-electron chi connectivity index (χ3n) is 5.38. The van der Waals surface area contributed by atoms with Gasteiger partial charge in [-0.15, -0.1) is 0 Å². The Balaban J connectivity index is 1.80. The first-order valence-corrected chi connectivity index (χ1v) is 12.7. The second-order valence-corrected chi connectivity index (χ2v) is 9.36. The SMILES string of the molecule is COC(=O)[C@H](CC(C)C)N=C1NC(C)(CNC(=O)c2ccc(OCI)cc2)Nc2ccccc21. The molecule has 3 rings (SSSR count). The van der Waals surface area contributed by atoms with Gasteiger partial charge in [-0.25, -0.2) is 4.79 Å². The quantitative estimate of drug-likeness (QED) is 0.237. The molecule has 0 aromatic heterocycles. The number of fused-ring (bicyclic) bond motifs is 1. The molecule has 1 aliphatic heterocycles. The van der Waals surface area contributed by atoms with Crippen molar-refractivity contribution >= 4 is 46.0 Å². The van der Waals surface area contributed by atoms with E-state index in [0.29, 0.717) is 28.2 Å². The highest BCUT2D eigenvalue weighted by Gasteiger charge is 2.33. The molecular weight excluding hydrogens is 547 g/mol. The molecule has 182 valence electrons. The number of nitrogens with one attached hydrogen (secondary N) is 3. The van der Waals surface area contributed by atoms with Crippen molar-refractivity contribution in [1.29, 1.82) is 0 Å². The molecule has 1 aliphatic rings. The number of ether oxygens (including phenoxy) is 2. The molecule has 0 saturated heterocycles. The molecule has 0 radical (unpaired) electrons. The monoisotopic (exact) mass is 578 g/mol. The summed E-state index contributed by atoms with van der Waals surface area (Å²) in [6.45, 7) is 6.30. The molecule has 8 nitrogen and oxygen atoms in total. The lowest BCUT2D eigenvalue weighted by molar-refractivity contribution is -0.142. The summed E-state index contributed by atoms with van der Waals surface area (Å²) in [6.07, 6.45) is 0.568. The van der Waals surface area contributed by atoms with E-state index in [4.69, 9.17) is 14.5 Å². The van der Waals surface area contributed by atoms with Gasteiger partial charge in [0.2, 0.25) is 0 Å². The van der Waals surface area contributed by atoms with Gasteiger partial charge >= 0.3 is 5.97 Å². The Bertz CT molecular complexity index is 1040. The summed E-state index contributed by atoms with van der Waals surface area (Å²) in [6, 6.07) is 14.1. The maximum absolute atomic E-state index is 12.8.